The van der Waals surface area contributed by atoms with Gasteiger partial charge in [0.1, 0.15) is 17.7 Å². The summed E-state index contributed by atoms with van der Waals surface area (Å²) in [6.45, 7) is 5.56. The Balaban J connectivity index is 2.14. The molecule has 7 heteroatoms. The van der Waals surface area contributed by atoms with Gasteiger partial charge in [-0.25, -0.2) is 4.79 Å². The highest BCUT2D eigenvalue weighted by Crippen LogP contribution is 2.24. The quantitative estimate of drug-likeness (QED) is 0.723. The Kier molecular flexibility index (Phi) is 4.40. The Labute approximate surface area is 129 Å². The van der Waals surface area contributed by atoms with E-state index in [1.165, 1.54) is 9.80 Å². The molecule has 0 aromatic carbocycles. The summed E-state index contributed by atoms with van der Waals surface area (Å²) in [4.78, 5) is 39.2. The lowest BCUT2D eigenvalue weighted by atomic mass is 10.1. The zero-order chi connectivity index (χ0) is 16.5. The van der Waals surface area contributed by atoms with Crippen molar-refractivity contribution in [3.8, 4) is 6.07 Å². The van der Waals surface area contributed by atoms with Crippen LogP contribution in [0.5, 0.6) is 0 Å². The summed E-state index contributed by atoms with van der Waals surface area (Å²) in [5, 5.41) is 9.09. The van der Waals surface area contributed by atoms with Crippen molar-refractivity contribution < 1.29 is 19.1 Å². The molecule has 0 spiro atoms. The maximum Gasteiger partial charge on any atom is 0.411 e. The third kappa shape index (κ3) is 3.38. The average molecular weight is 307 g/mol. The van der Waals surface area contributed by atoms with E-state index in [1.807, 2.05) is 0 Å². The molecule has 2 amide bonds. The van der Waals surface area contributed by atoms with Crippen LogP contribution in [0.15, 0.2) is 0 Å². The van der Waals surface area contributed by atoms with Crippen LogP contribution in [-0.4, -0.2) is 58.4 Å². The van der Waals surface area contributed by atoms with Gasteiger partial charge < -0.3 is 9.64 Å². The van der Waals surface area contributed by atoms with Crippen LogP contribution < -0.4 is 0 Å². The van der Waals surface area contributed by atoms with Gasteiger partial charge in [0.15, 0.2) is 5.78 Å². The molecular formula is C15H21N3O4. The minimum absolute atomic E-state index is 0.00722. The molecule has 0 aromatic heterocycles. The van der Waals surface area contributed by atoms with E-state index < -0.39 is 23.8 Å². The summed E-state index contributed by atoms with van der Waals surface area (Å²) in [6, 6.07) is 0.778. The highest BCUT2D eigenvalue weighted by Gasteiger charge is 2.44. The van der Waals surface area contributed by atoms with E-state index in [1.54, 1.807) is 20.8 Å². The molecule has 1 unspecified atom stereocenters. The molecule has 2 aliphatic heterocycles. The first kappa shape index (κ1) is 16.3. The van der Waals surface area contributed by atoms with Gasteiger partial charge in [0.2, 0.25) is 5.91 Å². The van der Waals surface area contributed by atoms with Gasteiger partial charge in [0, 0.05) is 13.0 Å². The zero-order valence-corrected chi connectivity index (χ0v) is 13.2. The minimum atomic E-state index is -0.851. The fraction of sp³-hybridized carbons (Fsp3) is 0.733. The summed E-state index contributed by atoms with van der Waals surface area (Å²) in [5.74, 6) is -0.502. The predicted molar refractivity (Wildman–Crippen MR) is 76.7 cm³/mol. The van der Waals surface area contributed by atoms with Crippen LogP contribution in [0.1, 0.15) is 40.0 Å². The van der Waals surface area contributed by atoms with E-state index in [-0.39, 0.29) is 24.7 Å². The van der Waals surface area contributed by atoms with Crippen molar-refractivity contribution in [2.24, 2.45) is 0 Å². The second-order valence-electron chi connectivity index (χ2n) is 6.69. The lowest BCUT2D eigenvalue weighted by Crippen LogP contribution is -2.50. The van der Waals surface area contributed by atoms with Gasteiger partial charge in [0.05, 0.1) is 12.6 Å². The molecule has 7 nitrogen and oxygen atoms in total. The fourth-order valence-electron chi connectivity index (χ4n) is 2.78. The van der Waals surface area contributed by atoms with Crippen molar-refractivity contribution in [2.45, 2.75) is 57.7 Å². The van der Waals surface area contributed by atoms with Gasteiger partial charge >= 0.3 is 6.09 Å². The van der Waals surface area contributed by atoms with E-state index in [4.69, 9.17) is 10.00 Å². The third-order valence-electron chi connectivity index (χ3n) is 3.74. The number of hydrogen-bond donors (Lipinski definition) is 0. The van der Waals surface area contributed by atoms with Crippen LogP contribution >= 0.6 is 0 Å². The average Bonchev–Trinajstić information content (AvgIpc) is 3.01. The lowest BCUT2D eigenvalue weighted by molar-refractivity contribution is -0.136. The first-order chi connectivity index (χ1) is 10.2. The molecule has 2 atom stereocenters. The Morgan fingerprint density at radius 1 is 1.32 bits per heavy atom. The molecular weight excluding hydrogens is 286 g/mol. The number of nitrogens with zero attached hydrogens (tertiary/aromatic N) is 3. The molecule has 2 fully saturated rings. The first-order valence-corrected chi connectivity index (χ1v) is 7.44. The number of likely N-dealkylation sites (tertiary alicyclic amines) is 2. The second kappa shape index (κ2) is 5.95. The summed E-state index contributed by atoms with van der Waals surface area (Å²) >= 11 is 0. The number of nitriles is 1. The standard InChI is InChI=1S/C15H21N3O4/c1-15(2,3)22-14(21)18-9-11(19)7-12(18)13(20)17-6-4-5-10(17)8-16/h10,12H,4-7,9H2,1-3H3/t10?,12-/m0/s1. The number of carbonyl (C=O) groups is 3. The van der Waals surface area contributed by atoms with E-state index in [9.17, 15) is 14.4 Å². The van der Waals surface area contributed by atoms with Crippen LogP contribution in [0.4, 0.5) is 4.79 Å². The Morgan fingerprint density at radius 2 is 2.00 bits per heavy atom. The molecule has 0 saturated carbocycles. The molecule has 2 aliphatic rings. The maximum atomic E-state index is 12.6. The topological polar surface area (TPSA) is 90.7 Å². The molecule has 2 rings (SSSR count). The molecule has 120 valence electrons. The van der Waals surface area contributed by atoms with Crippen LogP contribution in [0.3, 0.4) is 0 Å². The SMILES string of the molecule is CC(C)(C)OC(=O)N1CC(=O)C[C@H]1C(=O)N1CCCC1C#N. The Hall–Kier alpha value is -2.10. The monoisotopic (exact) mass is 307 g/mol. The minimum Gasteiger partial charge on any atom is -0.444 e. The summed E-state index contributed by atoms with van der Waals surface area (Å²) < 4.78 is 5.27. The van der Waals surface area contributed by atoms with E-state index in [2.05, 4.69) is 6.07 Å². The summed E-state index contributed by atoms with van der Waals surface area (Å²) in [5.41, 5.74) is -0.695. The Bertz CT molecular complexity index is 532. The van der Waals surface area contributed by atoms with Crippen molar-refractivity contribution in [3.63, 3.8) is 0 Å². The van der Waals surface area contributed by atoms with Gasteiger partial charge in [-0.3, -0.25) is 14.5 Å². The van der Waals surface area contributed by atoms with Crippen molar-refractivity contribution in [1.82, 2.24) is 9.80 Å². The normalized spacial score (nSPS) is 25.3. The summed E-state index contributed by atoms with van der Waals surface area (Å²) in [6.07, 6.45) is 0.725. The van der Waals surface area contributed by atoms with Gasteiger partial charge in [-0.1, -0.05) is 0 Å². The molecule has 2 saturated heterocycles. The smallest absolute Gasteiger partial charge is 0.411 e. The molecule has 0 aliphatic carbocycles. The number of amides is 2. The number of ketones is 1. The van der Waals surface area contributed by atoms with E-state index in [0.29, 0.717) is 13.0 Å². The van der Waals surface area contributed by atoms with Crippen molar-refractivity contribution >= 4 is 17.8 Å². The van der Waals surface area contributed by atoms with Crippen LogP contribution in [-0.2, 0) is 14.3 Å². The highest BCUT2D eigenvalue weighted by atomic mass is 16.6. The number of Topliss-reactive ketones (excluding diaryl/α,β-unsaturated/α-hetero) is 1. The van der Waals surface area contributed by atoms with Gasteiger partial charge in [0.25, 0.3) is 0 Å². The largest absolute Gasteiger partial charge is 0.444 e. The number of ether oxygens (including phenoxy) is 1. The third-order valence-corrected chi connectivity index (χ3v) is 3.74. The van der Waals surface area contributed by atoms with Crippen LogP contribution in [0.25, 0.3) is 0 Å². The molecule has 0 N–H and O–H groups in total. The first-order valence-electron chi connectivity index (χ1n) is 7.44. The molecule has 0 bridgehead atoms. The second-order valence-corrected chi connectivity index (χ2v) is 6.69. The van der Waals surface area contributed by atoms with Crippen molar-refractivity contribution in [3.05, 3.63) is 0 Å². The maximum absolute atomic E-state index is 12.6. The predicted octanol–water partition coefficient (Wildman–Crippen LogP) is 1.08. The van der Waals surface area contributed by atoms with Crippen LogP contribution in [0.2, 0.25) is 0 Å². The van der Waals surface area contributed by atoms with Gasteiger partial charge in [-0.05, 0) is 33.6 Å². The Morgan fingerprint density at radius 3 is 2.59 bits per heavy atom. The zero-order valence-electron chi connectivity index (χ0n) is 13.2. The number of hydrogen-bond acceptors (Lipinski definition) is 5. The summed E-state index contributed by atoms with van der Waals surface area (Å²) in [7, 11) is 0. The van der Waals surface area contributed by atoms with Crippen molar-refractivity contribution in [1.29, 1.82) is 5.26 Å². The van der Waals surface area contributed by atoms with Crippen molar-refractivity contribution in [2.75, 3.05) is 13.1 Å². The van der Waals surface area contributed by atoms with E-state index >= 15 is 0 Å². The molecule has 2 heterocycles. The van der Waals surface area contributed by atoms with Gasteiger partial charge in [-0.2, -0.15) is 5.26 Å². The number of rotatable bonds is 1. The fourth-order valence-corrected chi connectivity index (χ4v) is 2.78. The number of carbonyl (C=O) groups excluding carboxylic acids is 3. The lowest BCUT2D eigenvalue weighted by Gasteiger charge is -2.30. The van der Waals surface area contributed by atoms with E-state index in [0.717, 1.165) is 6.42 Å². The van der Waals surface area contributed by atoms with Crippen LogP contribution in [0, 0.1) is 11.3 Å². The molecule has 22 heavy (non-hydrogen) atoms. The highest BCUT2D eigenvalue weighted by molar-refractivity contribution is 5.97. The molecule has 0 radical (unpaired) electrons. The molecule has 0 aromatic rings. The van der Waals surface area contributed by atoms with Gasteiger partial charge in [-0.15, -0.1) is 0 Å².